The van der Waals surface area contributed by atoms with Crippen LogP contribution in [0.2, 0.25) is 0 Å². The first-order valence-corrected chi connectivity index (χ1v) is 20.8. The maximum absolute atomic E-state index is 13.2. The zero-order valence-electron chi connectivity index (χ0n) is 38.8. The number of carbonyl (C=O) groups is 2. The van der Waals surface area contributed by atoms with Crippen LogP contribution in [-0.4, -0.2) is 221 Å². The third-order valence-corrected chi connectivity index (χ3v) is 11.5. The SMILES string of the molecule is COCC(CO)[C@H](OC)C(OC)C(CN(Cc1ccc(CN(C[C@@H](OC)[C@H](OC)[C@@H](O[C@@H]2OC(CCO)[C@@H](OC)[C@@H](OC)C2OC)C(CCO)OC)C(C)=O)cc1)C(C)=O)OC. The highest BCUT2D eigenvalue weighted by molar-refractivity contribution is 5.73. The van der Waals surface area contributed by atoms with Crippen LogP contribution in [0.4, 0.5) is 0 Å². The van der Waals surface area contributed by atoms with Gasteiger partial charge in [0.2, 0.25) is 11.8 Å². The van der Waals surface area contributed by atoms with Crippen molar-refractivity contribution in [3.05, 3.63) is 35.4 Å². The van der Waals surface area contributed by atoms with Gasteiger partial charge in [0.15, 0.2) is 6.29 Å². The molecule has 0 aromatic heterocycles. The number of nitrogens with zero attached hydrogens (tertiary/aromatic N) is 2. The third kappa shape index (κ3) is 15.6. The number of ether oxygens (including phenoxy) is 12. The van der Waals surface area contributed by atoms with Crippen molar-refractivity contribution in [3.63, 3.8) is 0 Å². The van der Waals surface area contributed by atoms with Gasteiger partial charge in [0.25, 0.3) is 0 Å². The van der Waals surface area contributed by atoms with Crippen LogP contribution in [0.25, 0.3) is 0 Å². The summed E-state index contributed by atoms with van der Waals surface area (Å²) in [4.78, 5) is 29.4. The molecule has 6 unspecified atom stereocenters. The first kappa shape index (κ1) is 55.7. The standard InChI is InChI=1S/C43H76N2O17/c1-27(49)44(23-34(53-5)38(57-9)36(55-7)31(25-48)26-51-3)21-29-13-15-30(16-14-29)22-45(28(2)50)24-35(54-6)39(58-10)40(32(52-4)17-19-46)62-43-42(60-12)41(59-11)37(56-8)33(61-43)18-20-47/h13-16,31-43,46-48H,17-26H2,1-12H3/t31?,32?,33?,34?,35-,36+,37-,38?,39+,40+,41-,42?,43+/m1/s1. The van der Waals surface area contributed by atoms with Gasteiger partial charge in [-0.05, 0) is 24.0 Å². The predicted octanol–water partition coefficient (Wildman–Crippen LogP) is 0.648. The van der Waals surface area contributed by atoms with Crippen molar-refractivity contribution in [1.82, 2.24) is 9.80 Å². The van der Waals surface area contributed by atoms with E-state index in [1.54, 1.807) is 16.9 Å². The lowest BCUT2D eigenvalue weighted by Crippen LogP contribution is -2.62. The minimum absolute atomic E-state index is 0.0848. The smallest absolute Gasteiger partial charge is 0.219 e. The molecule has 360 valence electrons. The van der Waals surface area contributed by atoms with Gasteiger partial charge in [-0.25, -0.2) is 0 Å². The first-order valence-electron chi connectivity index (χ1n) is 20.8. The van der Waals surface area contributed by atoms with Crippen molar-refractivity contribution in [2.24, 2.45) is 5.92 Å². The van der Waals surface area contributed by atoms with E-state index in [0.717, 1.165) is 11.1 Å². The van der Waals surface area contributed by atoms with Gasteiger partial charge in [-0.3, -0.25) is 9.59 Å². The highest BCUT2D eigenvalue weighted by Gasteiger charge is 2.50. The largest absolute Gasteiger partial charge is 0.396 e. The van der Waals surface area contributed by atoms with Gasteiger partial charge in [-0.2, -0.15) is 0 Å². The summed E-state index contributed by atoms with van der Waals surface area (Å²) >= 11 is 0. The Morgan fingerprint density at radius 2 is 1.08 bits per heavy atom. The Balaban J connectivity index is 2.35. The maximum Gasteiger partial charge on any atom is 0.219 e. The van der Waals surface area contributed by atoms with Crippen LogP contribution in [0.3, 0.4) is 0 Å². The van der Waals surface area contributed by atoms with Crippen molar-refractivity contribution in [2.45, 2.75) is 113 Å². The van der Waals surface area contributed by atoms with Gasteiger partial charge in [0.1, 0.15) is 48.8 Å². The molecule has 2 rings (SSSR count). The van der Waals surface area contributed by atoms with Crippen molar-refractivity contribution in [2.75, 3.05) is 111 Å². The average molecular weight is 893 g/mol. The lowest BCUT2D eigenvalue weighted by Gasteiger charge is -2.47. The van der Waals surface area contributed by atoms with Crippen LogP contribution < -0.4 is 0 Å². The topological polar surface area (TPSA) is 212 Å². The molecule has 1 aliphatic rings. The Morgan fingerprint density at radius 1 is 0.613 bits per heavy atom. The number of hydrogen-bond donors (Lipinski definition) is 3. The molecular weight excluding hydrogens is 816 g/mol. The molecule has 1 aromatic carbocycles. The van der Waals surface area contributed by atoms with E-state index in [2.05, 4.69) is 0 Å². The number of hydrogen-bond acceptors (Lipinski definition) is 17. The molecule has 13 atom stereocenters. The molecule has 1 aliphatic heterocycles. The molecule has 62 heavy (non-hydrogen) atoms. The zero-order chi connectivity index (χ0) is 46.4. The van der Waals surface area contributed by atoms with E-state index in [1.807, 2.05) is 24.3 Å². The van der Waals surface area contributed by atoms with E-state index >= 15 is 0 Å². The summed E-state index contributed by atoms with van der Waals surface area (Å²) in [6, 6.07) is 7.58. The van der Waals surface area contributed by atoms with Crippen LogP contribution in [0.15, 0.2) is 24.3 Å². The predicted molar refractivity (Wildman–Crippen MR) is 225 cm³/mol. The van der Waals surface area contributed by atoms with Crippen molar-refractivity contribution < 1.29 is 81.8 Å². The summed E-state index contributed by atoms with van der Waals surface area (Å²) in [5.74, 6) is -0.783. The Morgan fingerprint density at radius 3 is 1.44 bits per heavy atom. The number of methoxy groups -OCH3 is 10. The van der Waals surface area contributed by atoms with E-state index < -0.39 is 73.4 Å². The number of rotatable bonds is 32. The number of benzene rings is 1. The quantitative estimate of drug-likeness (QED) is 0.0907. The van der Waals surface area contributed by atoms with Gasteiger partial charge in [0, 0.05) is 130 Å². The molecule has 1 heterocycles. The van der Waals surface area contributed by atoms with E-state index in [4.69, 9.17) is 56.8 Å². The molecule has 0 aliphatic carbocycles. The fourth-order valence-corrected chi connectivity index (χ4v) is 8.14. The molecule has 19 nitrogen and oxygen atoms in total. The average Bonchev–Trinajstić information content (AvgIpc) is 3.27. The fourth-order valence-electron chi connectivity index (χ4n) is 8.14. The van der Waals surface area contributed by atoms with Gasteiger partial charge in [-0.15, -0.1) is 0 Å². The summed E-state index contributed by atoms with van der Waals surface area (Å²) in [5, 5.41) is 29.9. The van der Waals surface area contributed by atoms with Crippen LogP contribution in [-0.2, 0) is 79.5 Å². The second kappa shape index (κ2) is 29.9. The van der Waals surface area contributed by atoms with E-state index in [9.17, 15) is 24.9 Å². The van der Waals surface area contributed by atoms with Gasteiger partial charge in [-0.1, -0.05) is 24.3 Å². The van der Waals surface area contributed by atoms with Crippen LogP contribution in [0, 0.1) is 5.92 Å². The van der Waals surface area contributed by atoms with Crippen molar-refractivity contribution >= 4 is 11.8 Å². The Hall–Kier alpha value is -2.44. The monoisotopic (exact) mass is 893 g/mol. The highest BCUT2D eigenvalue weighted by atomic mass is 16.7. The molecule has 0 saturated carbocycles. The Kier molecular flexibility index (Phi) is 26.9. The normalized spacial score (nSPS) is 23.2. The summed E-state index contributed by atoms with van der Waals surface area (Å²) in [7, 11) is 15.2. The van der Waals surface area contributed by atoms with Crippen LogP contribution >= 0.6 is 0 Å². The summed E-state index contributed by atoms with van der Waals surface area (Å²) in [6.07, 6.45) is -8.27. The molecule has 1 aromatic rings. The number of aliphatic hydroxyl groups is 3. The molecule has 0 spiro atoms. The summed E-state index contributed by atoms with van der Waals surface area (Å²) in [5.41, 5.74) is 1.66. The second-order valence-electron chi connectivity index (χ2n) is 15.2. The maximum atomic E-state index is 13.2. The van der Waals surface area contributed by atoms with E-state index in [-0.39, 0.29) is 83.2 Å². The molecule has 0 radical (unpaired) electrons. The van der Waals surface area contributed by atoms with Gasteiger partial charge >= 0.3 is 0 Å². The van der Waals surface area contributed by atoms with Crippen LogP contribution in [0.5, 0.6) is 0 Å². The van der Waals surface area contributed by atoms with Gasteiger partial charge in [0.05, 0.1) is 31.5 Å². The zero-order valence-corrected chi connectivity index (χ0v) is 38.8. The molecule has 19 heteroatoms. The molecule has 3 N–H and O–H groups in total. The Labute approximate surface area is 368 Å². The van der Waals surface area contributed by atoms with Crippen LogP contribution in [0.1, 0.15) is 37.8 Å². The number of aliphatic hydroxyl groups excluding tert-OH is 3. The molecule has 0 bridgehead atoms. The van der Waals surface area contributed by atoms with Crippen molar-refractivity contribution in [1.29, 1.82) is 0 Å². The first-order chi connectivity index (χ1) is 29.8. The Bertz CT molecular complexity index is 1360. The van der Waals surface area contributed by atoms with Gasteiger partial charge < -0.3 is 82.0 Å². The third-order valence-electron chi connectivity index (χ3n) is 11.5. The summed E-state index contributed by atoms with van der Waals surface area (Å²) in [6.45, 7) is 3.37. The lowest BCUT2D eigenvalue weighted by molar-refractivity contribution is -0.335. The van der Waals surface area contributed by atoms with E-state index in [1.165, 1.54) is 77.8 Å². The summed E-state index contributed by atoms with van der Waals surface area (Å²) < 4.78 is 70.9. The highest BCUT2D eigenvalue weighted by Crippen LogP contribution is 2.32. The van der Waals surface area contributed by atoms with E-state index in [0.29, 0.717) is 0 Å². The molecule has 1 fully saturated rings. The fraction of sp³-hybridized carbons (Fsp3) is 0.814. The second-order valence-corrected chi connectivity index (χ2v) is 15.2. The minimum Gasteiger partial charge on any atom is -0.396 e. The minimum atomic E-state index is -1.05. The molecule has 1 saturated heterocycles. The lowest BCUT2D eigenvalue weighted by atomic mass is 9.95. The number of amides is 2. The molecule has 2 amide bonds. The number of carbonyl (C=O) groups excluding carboxylic acids is 2. The van der Waals surface area contributed by atoms with Crippen molar-refractivity contribution in [3.8, 4) is 0 Å². The molecular formula is C43H76N2O17.